The normalized spacial score (nSPS) is 22.1. The molecule has 0 saturated heterocycles. The minimum atomic E-state index is -1.24. The van der Waals surface area contributed by atoms with Crippen LogP contribution in [-0.4, -0.2) is 31.1 Å². The number of ether oxygens (including phenoxy) is 1. The van der Waals surface area contributed by atoms with Crippen LogP contribution < -0.4 is 4.74 Å². The van der Waals surface area contributed by atoms with Gasteiger partial charge in [0.2, 0.25) is 0 Å². The number of amides is 1. The van der Waals surface area contributed by atoms with Crippen LogP contribution >= 0.6 is 0 Å². The number of hydrogen-bond donors (Lipinski definition) is 0. The molecule has 1 unspecified atom stereocenters. The van der Waals surface area contributed by atoms with Crippen LogP contribution in [0.5, 0.6) is 5.75 Å². The maximum absolute atomic E-state index is 12.2. The molecular formula is C13H15NO4. The summed E-state index contributed by atoms with van der Waals surface area (Å²) in [5.41, 5.74) is -0.392. The van der Waals surface area contributed by atoms with Crippen molar-refractivity contribution in [3.63, 3.8) is 0 Å². The maximum atomic E-state index is 12.2. The summed E-state index contributed by atoms with van der Waals surface area (Å²) in [4.78, 5) is 29.0. The molecule has 1 aliphatic heterocycles. The van der Waals surface area contributed by atoms with Crippen LogP contribution in [0.15, 0.2) is 24.3 Å². The predicted molar refractivity (Wildman–Crippen MR) is 63.7 cm³/mol. The lowest BCUT2D eigenvalue weighted by molar-refractivity contribution is -0.185. The molecule has 96 valence electrons. The van der Waals surface area contributed by atoms with Crippen molar-refractivity contribution in [3.8, 4) is 5.75 Å². The van der Waals surface area contributed by atoms with E-state index < -0.39 is 17.3 Å². The number of carbonyl (C=O) groups excluding carboxylic acids is 2. The van der Waals surface area contributed by atoms with Crippen molar-refractivity contribution in [2.24, 2.45) is 5.41 Å². The van der Waals surface area contributed by atoms with Crippen molar-refractivity contribution in [1.29, 1.82) is 0 Å². The first-order valence-electron chi connectivity index (χ1n) is 5.61. The van der Waals surface area contributed by atoms with Crippen LogP contribution in [0.4, 0.5) is 0 Å². The number of nitrogens with zero attached hydrogens (tertiary/aromatic N) is 1. The zero-order valence-corrected chi connectivity index (χ0v) is 10.6. The fourth-order valence-electron chi connectivity index (χ4n) is 2.01. The monoisotopic (exact) mass is 249 g/mol. The van der Waals surface area contributed by atoms with E-state index in [9.17, 15) is 9.59 Å². The smallest absolute Gasteiger partial charge is 0.327 e. The van der Waals surface area contributed by atoms with Gasteiger partial charge in [-0.3, -0.25) is 14.4 Å². The van der Waals surface area contributed by atoms with Gasteiger partial charge in [-0.25, -0.2) is 5.06 Å². The third-order valence-corrected chi connectivity index (χ3v) is 3.20. The Morgan fingerprint density at radius 2 is 2.11 bits per heavy atom. The number of para-hydroxylation sites is 1. The van der Waals surface area contributed by atoms with Crippen LogP contribution in [0.25, 0.3) is 0 Å². The molecule has 1 heterocycles. The van der Waals surface area contributed by atoms with Crippen LogP contribution in [0.2, 0.25) is 0 Å². The van der Waals surface area contributed by atoms with Gasteiger partial charge in [0, 0.05) is 13.5 Å². The van der Waals surface area contributed by atoms with Gasteiger partial charge in [-0.05, 0) is 18.6 Å². The van der Waals surface area contributed by atoms with Gasteiger partial charge < -0.3 is 4.74 Å². The minimum Gasteiger partial charge on any atom is -0.425 e. The van der Waals surface area contributed by atoms with Crippen LogP contribution in [0, 0.1) is 5.41 Å². The molecule has 18 heavy (non-hydrogen) atoms. The molecule has 0 saturated carbocycles. The SMILES string of the molecule is CON(C)C(=O)C1(C)Cc2ccccc2OC1=O. The number of hydrogen-bond acceptors (Lipinski definition) is 4. The number of hydroxylamine groups is 2. The summed E-state index contributed by atoms with van der Waals surface area (Å²) in [6.07, 6.45) is 0.314. The molecule has 0 fully saturated rings. The van der Waals surface area contributed by atoms with E-state index in [0.717, 1.165) is 10.6 Å². The predicted octanol–water partition coefficient (Wildman–Crippen LogP) is 1.17. The summed E-state index contributed by atoms with van der Waals surface area (Å²) in [5.74, 6) is -0.438. The molecule has 0 spiro atoms. The molecule has 5 heteroatoms. The number of carbonyl (C=O) groups is 2. The maximum Gasteiger partial charge on any atom is 0.327 e. The largest absolute Gasteiger partial charge is 0.425 e. The van der Waals surface area contributed by atoms with Gasteiger partial charge >= 0.3 is 5.97 Å². The molecule has 1 aromatic carbocycles. The fraction of sp³-hybridized carbons (Fsp3) is 0.385. The number of rotatable bonds is 2. The Hall–Kier alpha value is -1.88. The Kier molecular flexibility index (Phi) is 3.09. The van der Waals surface area contributed by atoms with Gasteiger partial charge in [-0.2, -0.15) is 0 Å². The van der Waals surface area contributed by atoms with Gasteiger partial charge in [-0.15, -0.1) is 0 Å². The molecule has 0 radical (unpaired) electrons. The van der Waals surface area contributed by atoms with Crippen LogP contribution in [-0.2, 0) is 20.8 Å². The second-order valence-corrected chi connectivity index (χ2v) is 4.49. The first-order chi connectivity index (χ1) is 8.49. The zero-order valence-electron chi connectivity index (χ0n) is 10.6. The van der Waals surface area contributed by atoms with Gasteiger partial charge in [0.25, 0.3) is 5.91 Å². The molecule has 2 rings (SSSR count). The van der Waals surface area contributed by atoms with E-state index >= 15 is 0 Å². The Balaban J connectivity index is 2.36. The van der Waals surface area contributed by atoms with E-state index in [-0.39, 0.29) is 0 Å². The highest BCUT2D eigenvalue weighted by Crippen LogP contribution is 2.36. The van der Waals surface area contributed by atoms with Crippen molar-refractivity contribution in [1.82, 2.24) is 5.06 Å². The summed E-state index contributed by atoms with van der Waals surface area (Å²) < 4.78 is 5.22. The average Bonchev–Trinajstić information content (AvgIpc) is 2.38. The summed E-state index contributed by atoms with van der Waals surface area (Å²) >= 11 is 0. The summed E-state index contributed by atoms with van der Waals surface area (Å²) in [6.45, 7) is 1.57. The fourth-order valence-corrected chi connectivity index (χ4v) is 2.01. The quantitative estimate of drug-likeness (QED) is 0.342. The minimum absolute atomic E-state index is 0.314. The van der Waals surface area contributed by atoms with Crippen molar-refractivity contribution in [2.75, 3.05) is 14.2 Å². The molecule has 5 nitrogen and oxygen atoms in total. The second-order valence-electron chi connectivity index (χ2n) is 4.49. The van der Waals surface area contributed by atoms with E-state index in [4.69, 9.17) is 9.57 Å². The molecule has 0 bridgehead atoms. The molecule has 1 aliphatic rings. The Morgan fingerprint density at radius 1 is 1.44 bits per heavy atom. The summed E-state index contributed by atoms with van der Waals surface area (Å²) in [6, 6.07) is 7.21. The molecule has 1 aromatic rings. The summed E-state index contributed by atoms with van der Waals surface area (Å²) in [7, 11) is 2.85. The van der Waals surface area contributed by atoms with Gasteiger partial charge in [0.15, 0.2) is 5.41 Å². The summed E-state index contributed by atoms with van der Waals surface area (Å²) in [5, 5.41) is 1.05. The average molecular weight is 249 g/mol. The van der Waals surface area contributed by atoms with Crippen molar-refractivity contribution in [2.45, 2.75) is 13.3 Å². The zero-order chi connectivity index (χ0) is 13.3. The van der Waals surface area contributed by atoms with Crippen molar-refractivity contribution in [3.05, 3.63) is 29.8 Å². The first-order valence-corrected chi connectivity index (χ1v) is 5.61. The third-order valence-electron chi connectivity index (χ3n) is 3.20. The molecule has 0 N–H and O–H groups in total. The number of fused-ring (bicyclic) bond motifs is 1. The Labute approximate surface area is 105 Å². The first kappa shape index (κ1) is 12.6. The molecular weight excluding hydrogens is 234 g/mol. The Bertz CT molecular complexity index is 500. The topological polar surface area (TPSA) is 55.8 Å². The van der Waals surface area contributed by atoms with Crippen LogP contribution in [0.1, 0.15) is 12.5 Å². The van der Waals surface area contributed by atoms with Crippen molar-refractivity contribution < 1.29 is 19.2 Å². The molecule has 1 amide bonds. The molecule has 1 atom stereocenters. The van der Waals surface area contributed by atoms with E-state index in [1.54, 1.807) is 19.1 Å². The third kappa shape index (κ3) is 1.86. The standard InChI is InChI=1S/C13H15NO4/c1-13(11(15)14(2)17-3)8-9-6-4-5-7-10(9)18-12(13)16/h4-7H,8H2,1-3H3. The van der Waals surface area contributed by atoms with E-state index in [1.165, 1.54) is 14.2 Å². The lowest BCUT2D eigenvalue weighted by Crippen LogP contribution is -2.50. The number of esters is 1. The second kappa shape index (κ2) is 4.42. The highest BCUT2D eigenvalue weighted by molar-refractivity contribution is 6.03. The van der Waals surface area contributed by atoms with Gasteiger partial charge in [-0.1, -0.05) is 18.2 Å². The highest BCUT2D eigenvalue weighted by Gasteiger charge is 2.48. The lowest BCUT2D eigenvalue weighted by Gasteiger charge is -2.33. The van der Waals surface area contributed by atoms with E-state index in [1.807, 2.05) is 12.1 Å². The van der Waals surface area contributed by atoms with E-state index in [2.05, 4.69) is 0 Å². The van der Waals surface area contributed by atoms with Crippen molar-refractivity contribution >= 4 is 11.9 Å². The van der Waals surface area contributed by atoms with Gasteiger partial charge in [0.05, 0.1) is 7.11 Å². The Morgan fingerprint density at radius 3 is 2.78 bits per heavy atom. The van der Waals surface area contributed by atoms with Gasteiger partial charge in [0.1, 0.15) is 5.75 Å². The molecule has 0 aromatic heterocycles. The van der Waals surface area contributed by atoms with Crippen LogP contribution in [0.3, 0.4) is 0 Å². The lowest BCUT2D eigenvalue weighted by atomic mass is 9.80. The number of benzene rings is 1. The highest BCUT2D eigenvalue weighted by atomic mass is 16.7. The molecule has 0 aliphatic carbocycles. The van der Waals surface area contributed by atoms with E-state index in [0.29, 0.717) is 12.2 Å².